The van der Waals surface area contributed by atoms with Crippen LogP contribution in [0.3, 0.4) is 0 Å². The minimum absolute atomic E-state index is 0. The average molecular weight is 542 g/mol. The van der Waals surface area contributed by atoms with Crippen LogP contribution < -0.4 is 5.32 Å². The number of benzene rings is 1. The zero-order valence-electron chi connectivity index (χ0n) is 16.1. The molecule has 34 heavy (non-hydrogen) atoms. The Morgan fingerprint density at radius 3 is 2.29 bits per heavy atom. The van der Waals surface area contributed by atoms with Crippen molar-refractivity contribution in [3.8, 4) is 0 Å². The van der Waals surface area contributed by atoms with Gasteiger partial charge < -0.3 is 24.9 Å². The second-order valence-electron chi connectivity index (χ2n) is 6.83. The first kappa shape index (κ1) is 34.3. The number of fused-ring (bicyclic) bond motifs is 1. The molecule has 0 bridgehead atoms. The first-order chi connectivity index (χ1) is 14.5. The van der Waals surface area contributed by atoms with Gasteiger partial charge in [0, 0.05) is 18.2 Å². The summed E-state index contributed by atoms with van der Waals surface area (Å²) in [5.41, 5.74) is -0.228. The Morgan fingerprint density at radius 2 is 1.79 bits per heavy atom. The van der Waals surface area contributed by atoms with E-state index in [1.165, 1.54) is 12.1 Å². The fourth-order valence-corrected chi connectivity index (χ4v) is 5.91. The molecule has 1 saturated heterocycles. The molecule has 0 spiro atoms. The summed E-state index contributed by atoms with van der Waals surface area (Å²) in [7, 11) is -4.91. The van der Waals surface area contributed by atoms with Gasteiger partial charge in [0.05, 0.1) is 0 Å². The van der Waals surface area contributed by atoms with Crippen molar-refractivity contribution in [2.24, 2.45) is 0 Å². The van der Waals surface area contributed by atoms with Crippen molar-refractivity contribution in [2.45, 2.75) is 24.3 Å². The van der Waals surface area contributed by atoms with Crippen LogP contribution in [0, 0.1) is 0 Å². The van der Waals surface area contributed by atoms with Gasteiger partial charge in [-0.15, -0.1) is 11.8 Å². The maximum atomic E-state index is 12.7. The Labute approximate surface area is 265 Å². The van der Waals surface area contributed by atoms with Crippen molar-refractivity contribution < 1.29 is 43.4 Å². The van der Waals surface area contributed by atoms with Gasteiger partial charge in [-0.25, -0.2) is 0 Å². The van der Waals surface area contributed by atoms with Crippen LogP contribution in [0.4, 0.5) is 0 Å². The zero-order chi connectivity index (χ0) is 22.9. The number of rotatable bonds is 7. The number of nitrogens with zero attached hydrogens (tertiary/aromatic N) is 1. The van der Waals surface area contributed by atoms with Gasteiger partial charge in [0.15, 0.2) is 5.92 Å². The van der Waals surface area contributed by atoms with Gasteiger partial charge in [0.1, 0.15) is 23.5 Å². The summed E-state index contributed by atoms with van der Waals surface area (Å²) < 4.78 is 16.8. The number of hydrogen-bond donors (Lipinski definition) is 4. The number of carbonyl (C=O) groups is 4. The normalized spacial score (nSPS) is 19.7. The summed E-state index contributed by atoms with van der Waals surface area (Å²) in [6, 6.07) is 6.60. The Balaban J connectivity index is 0.00000363. The van der Waals surface area contributed by atoms with E-state index >= 15 is 0 Å². The van der Waals surface area contributed by atoms with E-state index in [9.17, 15) is 38.6 Å². The number of carbonyl (C=O) groups excluding carboxylic acids is 3. The Morgan fingerprint density at radius 1 is 1.21 bits per heavy atom. The van der Waals surface area contributed by atoms with Crippen LogP contribution in [-0.2, 0) is 28.5 Å². The van der Waals surface area contributed by atoms with Gasteiger partial charge in [-0.3, -0.25) is 28.6 Å². The molecule has 1 fully saturated rings. The van der Waals surface area contributed by atoms with Crippen LogP contribution in [0.25, 0.3) is 0 Å². The molecule has 2 heterocycles. The van der Waals surface area contributed by atoms with E-state index in [4.69, 9.17) is 4.74 Å². The summed E-state index contributed by atoms with van der Waals surface area (Å²) >= 11 is 1.11. The van der Waals surface area contributed by atoms with Crippen LogP contribution in [0.1, 0.15) is 18.4 Å². The second kappa shape index (κ2) is 14.3. The molecule has 0 aliphatic carbocycles. The van der Waals surface area contributed by atoms with Crippen molar-refractivity contribution >= 4 is 132 Å². The molecule has 3 rings (SSSR count). The van der Waals surface area contributed by atoms with Crippen LogP contribution >= 0.6 is 19.4 Å². The number of thioether (sulfide) groups is 1. The Kier molecular flexibility index (Phi) is 14.5. The summed E-state index contributed by atoms with van der Waals surface area (Å²) in [6.45, 7) is 0.758. The fraction of sp³-hybridized carbons (Fsp3) is 0.333. The van der Waals surface area contributed by atoms with Crippen molar-refractivity contribution in [1.82, 2.24) is 10.2 Å². The number of hydrogen-bond acceptors (Lipinski definition) is 7. The molecule has 0 aromatic heterocycles. The Hall–Kier alpha value is 0.340. The predicted octanol–water partition coefficient (Wildman–Crippen LogP) is -1.74. The topological polar surface area (TPSA) is 171 Å². The average Bonchev–Trinajstić information content (AvgIpc) is 2.69. The maximum absolute atomic E-state index is 12.7. The third kappa shape index (κ3) is 7.67. The number of ether oxygens (including phenoxy) is 1. The van der Waals surface area contributed by atoms with E-state index in [0.29, 0.717) is 0 Å². The van der Waals surface area contributed by atoms with Crippen molar-refractivity contribution in [3.05, 3.63) is 46.9 Å². The van der Waals surface area contributed by atoms with E-state index in [1.807, 2.05) is 0 Å². The molecule has 1 aromatic rings. The molecule has 2 amide bonds. The quantitative estimate of drug-likeness (QED) is 0.102. The summed E-state index contributed by atoms with van der Waals surface area (Å²) in [5.74, 6) is -5.25. The molecule has 3 atom stereocenters. The van der Waals surface area contributed by atoms with Gasteiger partial charge in [0.2, 0.25) is 5.91 Å². The number of nitrogens with one attached hydrogen (secondary N) is 1. The van der Waals surface area contributed by atoms with Crippen LogP contribution in [0.2, 0.25) is 0 Å². The minimum atomic E-state index is -4.91. The molecular weight excluding hydrogens is 520 g/mol. The molecule has 1 aromatic carbocycles. The molecule has 1 unspecified atom stereocenters. The van der Waals surface area contributed by atoms with E-state index in [2.05, 4.69) is 5.32 Å². The van der Waals surface area contributed by atoms with Gasteiger partial charge >= 0.3 is 108 Å². The standard InChI is InChI=1S/C18H19N2O9PS.3Na.3H/c1-9(21)29-7-11-8-31-17-13(15(23)20(17)16(11)30(26,27)28)19-14(22)12(18(24)25)10-5-3-2-4-6-10;;;;;;/h2-6,12-13,17H,7-8H2,1H3,(H,19,22)(H,24,25)(H2,26,27,28);;;;;;/t12?,13-,17-;;;;;;/m1....../s1. The van der Waals surface area contributed by atoms with Gasteiger partial charge in [0.25, 0.3) is 5.91 Å². The molecular formula is C18H22N2Na3O9PS. The third-order valence-corrected chi connectivity index (χ3v) is 7.10. The second-order valence-corrected chi connectivity index (χ2v) is 9.45. The van der Waals surface area contributed by atoms with Gasteiger partial charge in [-0.05, 0) is 5.56 Å². The predicted molar refractivity (Wildman–Crippen MR) is 129 cm³/mol. The van der Waals surface area contributed by atoms with E-state index in [0.717, 1.165) is 23.6 Å². The molecule has 11 nitrogen and oxygen atoms in total. The molecule has 2 aliphatic rings. The molecule has 4 N–H and O–H groups in total. The summed E-state index contributed by atoms with van der Waals surface area (Å²) in [5, 5.41) is 11.0. The van der Waals surface area contributed by atoms with Gasteiger partial charge in [-0.1, -0.05) is 30.3 Å². The van der Waals surface area contributed by atoms with Crippen molar-refractivity contribution in [1.29, 1.82) is 0 Å². The number of aliphatic carboxylic acids is 1. The third-order valence-electron chi connectivity index (χ3n) is 4.68. The monoisotopic (exact) mass is 542 g/mol. The van der Waals surface area contributed by atoms with Crippen LogP contribution in [-0.4, -0.2) is 156 Å². The van der Waals surface area contributed by atoms with E-state index in [-0.39, 0.29) is 112 Å². The van der Waals surface area contributed by atoms with Crippen LogP contribution in [0.15, 0.2) is 41.3 Å². The summed E-state index contributed by atoms with van der Waals surface area (Å²) in [6.07, 6.45) is 0. The number of carboxylic acid groups (broad SMARTS) is 1. The molecule has 0 radical (unpaired) electrons. The number of β-lactam (4-membered cyclic amide) rings is 1. The first-order valence-electron chi connectivity index (χ1n) is 8.96. The number of esters is 1. The Bertz CT molecular complexity index is 1020. The summed E-state index contributed by atoms with van der Waals surface area (Å²) in [4.78, 5) is 68.3. The van der Waals surface area contributed by atoms with Crippen LogP contribution in [0.5, 0.6) is 0 Å². The zero-order valence-corrected chi connectivity index (χ0v) is 17.8. The van der Waals surface area contributed by atoms with Gasteiger partial charge in [-0.2, -0.15) is 0 Å². The molecule has 2 aliphatic heterocycles. The van der Waals surface area contributed by atoms with E-state index < -0.39 is 54.1 Å². The number of amides is 2. The fourth-order valence-electron chi connectivity index (χ4n) is 3.34. The van der Waals surface area contributed by atoms with Crippen molar-refractivity contribution in [2.75, 3.05) is 12.4 Å². The molecule has 0 saturated carbocycles. The van der Waals surface area contributed by atoms with Crippen molar-refractivity contribution in [3.63, 3.8) is 0 Å². The molecule has 172 valence electrons. The van der Waals surface area contributed by atoms with E-state index in [1.54, 1.807) is 18.2 Å². The number of carboxylic acids is 1. The SMILES string of the molecule is CC(=O)OCC1=C(P(=O)(O)O)N2C(=O)[C@@H](NC(=O)C(C(=O)O)c3ccccc3)[C@H]2SC1.[NaH].[NaH].[NaH]. The first-order valence-corrected chi connectivity index (χ1v) is 11.6. The molecule has 16 heteroatoms.